The van der Waals surface area contributed by atoms with E-state index in [9.17, 15) is 9.59 Å². The molecular weight excluding hydrogens is 234 g/mol. The maximum absolute atomic E-state index is 11.8. The van der Waals surface area contributed by atoms with Gasteiger partial charge in [0.25, 0.3) is 0 Å². The number of ether oxygens (including phenoxy) is 2. The number of benzene rings is 1. The summed E-state index contributed by atoms with van der Waals surface area (Å²) in [5.74, 6) is -0.661. The third-order valence-corrected chi connectivity index (χ3v) is 2.69. The highest BCUT2D eigenvalue weighted by Gasteiger charge is 2.25. The number of hydrogen-bond acceptors (Lipinski definition) is 4. The summed E-state index contributed by atoms with van der Waals surface area (Å²) in [4.78, 5) is 24.7. The summed E-state index contributed by atoms with van der Waals surface area (Å²) in [7, 11) is 0. The first-order valence-corrected chi connectivity index (χ1v) is 5.89. The fourth-order valence-electron chi connectivity index (χ4n) is 1.82. The second-order valence-corrected chi connectivity index (χ2v) is 3.90. The highest BCUT2D eigenvalue weighted by Crippen LogP contribution is 2.22. The van der Waals surface area contributed by atoms with Crippen molar-refractivity contribution in [1.82, 2.24) is 4.90 Å². The third kappa shape index (κ3) is 2.61. The molecule has 5 nitrogen and oxygen atoms in total. The first kappa shape index (κ1) is 12.4. The minimum Gasteiger partial charge on any atom is -0.491 e. The van der Waals surface area contributed by atoms with Crippen molar-refractivity contribution < 1.29 is 19.1 Å². The van der Waals surface area contributed by atoms with Crippen LogP contribution in [-0.2, 0) is 20.9 Å². The molecule has 96 valence electrons. The molecule has 0 spiro atoms. The Bertz CT molecular complexity index is 458. The van der Waals surface area contributed by atoms with E-state index in [1.54, 1.807) is 6.92 Å². The zero-order valence-corrected chi connectivity index (χ0v) is 10.2. The van der Waals surface area contributed by atoms with E-state index in [-0.39, 0.29) is 6.61 Å². The molecule has 0 aromatic heterocycles. The molecule has 1 aromatic rings. The summed E-state index contributed by atoms with van der Waals surface area (Å²) >= 11 is 0. The fraction of sp³-hybridized carbons (Fsp3) is 0.385. The van der Waals surface area contributed by atoms with Crippen molar-refractivity contribution in [2.24, 2.45) is 0 Å². The van der Waals surface area contributed by atoms with E-state index in [1.165, 1.54) is 4.90 Å². The molecule has 1 aliphatic rings. The molecule has 1 aliphatic heterocycles. The van der Waals surface area contributed by atoms with Crippen LogP contribution in [0.25, 0.3) is 0 Å². The van der Waals surface area contributed by atoms with E-state index in [2.05, 4.69) is 0 Å². The SMILES string of the molecule is CCOC(=O)C(=O)N1CCOc2ccccc2C1. The number of amides is 1. The average molecular weight is 249 g/mol. The molecule has 0 saturated heterocycles. The number of rotatable bonds is 1. The Kier molecular flexibility index (Phi) is 3.82. The quantitative estimate of drug-likeness (QED) is 0.549. The predicted octanol–water partition coefficient (Wildman–Crippen LogP) is 0.971. The van der Waals surface area contributed by atoms with Crippen molar-refractivity contribution in [1.29, 1.82) is 0 Å². The lowest BCUT2D eigenvalue weighted by Crippen LogP contribution is -2.38. The summed E-state index contributed by atoms with van der Waals surface area (Å²) < 4.78 is 10.2. The van der Waals surface area contributed by atoms with Crippen molar-refractivity contribution >= 4 is 11.9 Å². The van der Waals surface area contributed by atoms with Crippen LogP contribution in [0.3, 0.4) is 0 Å². The van der Waals surface area contributed by atoms with Crippen LogP contribution in [0.4, 0.5) is 0 Å². The molecule has 2 rings (SSSR count). The van der Waals surface area contributed by atoms with Crippen molar-refractivity contribution in [2.75, 3.05) is 19.8 Å². The van der Waals surface area contributed by atoms with Gasteiger partial charge in [0, 0.05) is 12.1 Å². The summed E-state index contributed by atoms with van der Waals surface area (Å²) in [6.07, 6.45) is 0. The molecule has 0 N–H and O–H groups in total. The van der Waals surface area contributed by atoms with E-state index < -0.39 is 11.9 Å². The molecule has 0 bridgehead atoms. The Hall–Kier alpha value is -2.04. The first-order chi connectivity index (χ1) is 8.72. The topological polar surface area (TPSA) is 55.8 Å². The average Bonchev–Trinajstić information content (AvgIpc) is 2.60. The van der Waals surface area contributed by atoms with Gasteiger partial charge in [0.1, 0.15) is 12.4 Å². The minimum absolute atomic E-state index is 0.200. The molecule has 0 saturated carbocycles. The number of fused-ring (bicyclic) bond motifs is 1. The molecular formula is C13H15NO4. The van der Waals surface area contributed by atoms with Crippen LogP contribution in [0.2, 0.25) is 0 Å². The van der Waals surface area contributed by atoms with Gasteiger partial charge in [0.05, 0.1) is 13.2 Å². The molecule has 0 atom stereocenters. The number of nitrogens with zero attached hydrogens (tertiary/aromatic N) is 1. The van der Waals surface area contributed by atoms with Crippen molar-refractivity contribution in [2.45, 2.75) is 13.5 Å². The monoisotopic (exact) mass is 249 g/mol. The van der Waals surface area contributed by atoms with Gasteiger partial charge < -0.3 is 14.4 Å². The highest BCUT2D eigenvalue weighted by molar-refractivity contribution is 6.32. The lowest BCUT2D eigenvalue weighted by atomic mass is 10.2. The smallest absolute Gasteiger partial charge is 0.397 e. The molecule has 1 aromatic carbocycles. The number of carbonyl (C=O) groups is 2. The fourth-order valence-corrected chi connectivity index (χ4v) is 1.82. The van der Waals surface area contributed by atoms with Crippen LogP contribution in [0.5, 0.6) is 5.75 Å². The van der Waals surface area contributed by atoms with Crippen LogP contribution in [0.15, 0.2) is 24.3 Å². The molecule has 1 amide bonds. The largest absolute Gasteiger partial charge is 0.491 e. The Balaban J connectivity index is 2.12. The van der Waals surface area contributed by atoms with Crippen LogP contribution < -0.4 is 4.74 Å². The van der Waals surface area contributed by atoms with Crippen LogP contribution >= 0.6 is 0 Å². The first-order valence-electron chi connectivity index (χ1n) is 5.89. The molecule has 0 fully saturated rings. The maximum Gasteiger partial charge on any atom is 0.397 e. The van der Waals surface area contributed by atoms with Gasteiger partial charge in [0.15, 0.2) is 0 Å². The summed E-state index contributed by atoms with van der Waals surface area (Å²) in [6.45, 7) is 3.00. The molecule has 18 heavy (non-hydrogen) atoms. The Morgan fingerprint density at radius 3 is 2.94 bits per heavy atom. The summed E-state index contributed by atoms with van der Waals surface area (Å²) in [6, 6.07) is 7.49. The van der Waals surface area contributed by atoms with E-state index in [0.717, 1.165) is 11.3 Å². The lowest BCUT2D eigenvalue weighted by Gasteiger charge is -2.18. The second-order valence-electron chi connectivity index (χ2n) is 3.90. The summed E-state index contributed by atoms with van der Waals surface area (Å²) in [5, 5.41) is 0. The Labute approximate surface area is 105 Å². The third-order valence-electron chi connectivity index (χ3n) is 2.69. The van der Waals surface area contributed by atoms with Crippen LogP contribution in [-0.4, -0.2) is 36.5 Å². The second kappa shape index (κ2) is 5.53. The molecule has 0 unspecified atom stereocenters. The van der Waals surface area contributed by atoms with Crippen molar-refractivity contribution in [3.63, 3.8) is 0 Å². The standard InChI is InChI=1S/C13H15NO4/c1-2-17-13(16)12(15)14-7-8-18-11-6-4-3-5-10(11)9-14/h3-6H,2,7-9H2,1H3. The summed E-state index contributed by atoms with van der Waals surface area (Å²) in [5.41, 5.74) is 0.896. The van der Waals surface area contributed by atoms with Crippen LogP contribution in [0, 0.1) is 0 Å². The van der Waals surface area contributed by atoms with E-state index in [4.69, 9.17) is 9.47 Å². The number of esters is 1. The Morgan fingerprint density at radius 2 is 2.17 bits per heavy atom. The zero-order valence-electron chi connectivity index (χ0n) is 10.2. The molecule has 1 heterocycles. The van der Waals surface area contributed by atoms with Gasteiger partial charge in [-0.15, -0.1) is 0 Å². The van der Waals surface area contributed by atoms with Gasteiger partial charge in [-0.1, -0.05) is 18.2 Å². The molecule has 5 heteroatoms. The van der Waals surface area contributed by atoms with Crippen molar-refractivity contribution in [3.05, 3.63) is 29.8 Å². The highest BCUT2D eigenvalue weighted by atomic mass is 16.5. The van der Waals surface area contributed by atoms with Crippen LogP contribution in [0.1, 0.15) is 12.5 Å². The number of hydrogen-bond donors (Lipinski definition) is 0. The normalized spacial score (nSPS) is 14.2. The van der Waals surface area contributed by atoms with Gasteiger partial charge in [-0.25, -0.2) is 4.79 Å². The lowest BCUT2D eigenvalue weighted by molar-refractivity contribution is -0.160. The van der Waals surface area contributed by atoms with E-state index in [0.29, 0.717) is 19.7 Å². The zero-order chi connectivity index (χ0) is 13.0. The van der Waals surface area contributed by atoms with Crippen molar-refractivity contribution in [3.8, 4) is 5.75 Å². The number of para-hydroxylation sites is 1. The molecule has 0 radical (unpaired) electrons. The molecule has 0 aliphatic carbocycles. The van der Waals surface area contributed by atoms with Gasteiger partial charge in [-0.3, -0.25) is 4.79 Å². The number of carbonyl (C=O) groups excluding carboxylic acids is 2. The van der Waals surface area contributed by atoms with Gasteiger partial charge in [-0.2, -0.15) is 0 Å². The van der Waals surface area contributed by atoms with E-state index in [1.807, 2.05) is 24.3 Å². The predicted molar refractivity (Wildman–Crippen MR) is 64.0 cm³/mol. The van der Waals surface area contributed by atoms with Gasteiger partial charge in [-0.05, 0) is 13.0 Å². The maximum atomic E-state index is 11.8. The minimum atomic E-state index is -0.808. The van der Waals surface area contributed by atoms with Gasteiger partial charge >= 0.3 is 11.9 Å². The van der Waals surface area contributed by atoms with Gasteiger partial charge in [0.2, 0.25) is 0 Å². The Morgan fingerprint density at radius 1 is 1.39 bits per heavy atom. The van der Waals surface area contributed by atoms with E-state index >= 15 is 0 Å².